The highest BCUT2D eigenvalue weighted by atomic mass is 16.5. The highest BCUT2D eigenvalue weighted by Crippen LogP contribution is 2.23. The molecule has 1 unspecified atom stereocenters. The molecule has 0 saturated carbocycles. The predicted molar refractivity (Wildman–Crippen MR) is 75.3 cm³/mol. The lowest BCUT2D eigenvalue weighted by Crippen LogP contribution is -2.52. The van der Waals surface area contributed by atoms with Gasteiger partial charge in [-0.25, -0.2) is 4.79 Å². The van der Waals surface area contributed by atoms with Gasteiger partial charge >= 0.3 is 5.97 Å². The fourth-order valence-corrected chi connectivity index (χ4v) is 1.70. The summed E-state index contributed by atoms with van der Waals surface area (Å²) < 4.78 is 5.50. The average molecular weight is 279 g/mol. The molecule has 1 atom stereocenters. The van der Waals surface area contributed by atoms with Gasteiger partial charge in [-0.2, -0.15) is 0 Å². The van der Waals surface area contributed by atoms with E-state index in [1.165, 1.54) is 25.8 Å². The van der Waals surface area contributed by atoms with E-state index < -0.39 is 17.6 Å². The summed E-state index contributed by atoms with van der Waals surface area (Å²) in [5, 5.41) is 9.21. The molecule has 5 heteroatoms. The first-order chi connectivity index (χ1) is 9.32. The van der Waals surface area contributed by atoms with Crippen LogP contribution in [0.4, 0.5) is 0 Å². The maximum Gasteiger partial charge on any atom is 0.329 e. The number of benzene rings is 1. The zero-order valence-electron chi connectivity index (χ0n) is 12.3. The maximum atomic E-state index is 12.5. The van der Waals surface area contributed by atoms with Crippen molar-refractivity contribution in [3.63, 3.8) is 0 Å². The Morgan fingerprint density at radius 3 is 2.30 bits per heavy atom. The van der Waals surface area contributed by atoms with Crippen molar-refractivity contribution in [2.75, 3.05) is 13.7 Å². The minimum absolute atomic E-state index is 0.368. The average Bonchev–Trinajstić information content (AvgIpc) is 2.44. The normalized spacial score (nSPS) is 12.8. The lowest BCUT2D eigenvalue weighted by atomic mass is 10.0. The van der Waals surface area contributed by atoms with Crippen LogP contribution in [0.1, 0.15) is 32.4 Å². The van der Waals surface area contributed by atoms with Crippen LogP contribution in [-0.2, 0) is 14.3 Å². The lowest BCUT2D eigenvalue weighted by molar-refractivity contribution is -0.160. The van der Waals surface area contributed by atoms with Crippen LogP contribution >= 0.6 is 0 Å². The highest BCUT2D eigenvalue weighted by Gasteiger charge is 2.38. The number of hydrogen-bond acceptors (Lipinski definition) is 3. The third-order valence-electron chi connectivity index (χ3n) is 3.35. The Labute approximate surface area is 119 Å². The Balaban J connectivity index is 3.04. The molecule has 0 aliphatic carbocycles. The quantitative estimate of drug-likeness (QED) is 0.865. The van der Waals surface area contributed by atoms with Gasteiger partial charge in [-0.3, -0.25) is 4.79 Å². The van der Waals surface area contributed by atoms with Gasteiger partial charge in [0.05, 0.1) is 0 Å². The fourth-order valence-electron chi connectivity index (χ4n) is 1.70. The molecule has 1 aromatic carbocycles. The molecule has 0 saturated heterocycles. The number of carbonyl (C=O) groups excluding carboxylic acids is 1. The van der Waals surface area contributed by atoms with E-state index in [4.69, 9.17) is 4.74 Å². The minimum Gasteiger partial charge on any atom is -0.480 e. The van der Waals surface area contributed by atoms with Gasteiger partial charge in [0.2, 0.25) is 0 Å². The van der Waals surface area contributed by atoms with Crippen molar-refractivity contribution in [2.45, 2.75) is 32.4 Å². The number of carbonyl (C=O) groups is 2. The Morgan fingerprint density at radius 2 is 1.85 bits per heavy atom. The van der Waals surface area contributed by atoms with Crippen LogP contribution in [0.5, 0.6) is 0 Å². The summed E-state index contributed by atoms with van der Waals surface area (Å²) in [6.45, 7) is 5.14. The number of nitrogens with zero attached hydrogens (tertiary/aromatic N) is 1. The first-order valence-electron chi connectivity index (χ1n) is 6.50. The number of hydrogen-bond donors (Lipinski definition) is 1. The number of ether oxygens (including phenoxy) is 1. The van der Waals surface area contributed by atoms with Crippen molar-refractivity contribution in [2.24, 2.45) is 0 Å². The summed E-state index contributed by atoms with van der Waals surface area (Å²) in [5.41, 5.74) is -0.575. The molecule has 1 rings (SSSR count). The van der Waals surface area contributed by atoms with Gasteiger partial charge in [0.15, 0.2) is 6.10 Å². The molecule has 1 amide bonds. The van der Waals surface area contributed by atoms with Gasteiger partial charge in [0, 0.05) is 13.7 Å². The van der Waals surface area contributed by atoms with E-state index in [2.05, 4.69) is 0 Å². The van der Waals surface area contributed by atoms with E-state index in [0.717, 1.165) is 0 Å². The van der Waals surface area contributed by atoms with Crippen LogP contribution in [0.15, 0.2) is 30.3 Å². The van der Waals surface area contributed by atoms with Crippen LogP contribution in [0, 0.1) is 0 Å². The van der Waals surface area contributed by atoms with Crippen molar-refractivity contribution >= 4 is 11.9 Å². The number of amides is 1. The molecule has 1 aromatic rings. The Hall–Kier alpha value is -1.88. The SMILES string of the molecule is CCOC(C(=O)N(C)C(C)(C)C(=O)O)c1ccccc1. The van der Waals surface area contributed by atoms with E-state index in [0.29, 0.717) is 12.2 Å². The zero-order chi connectivity index (χ0) is 15.3. The molecule has 0 aliphatic heterocycles. The molecule has 0 fully saturated rings. The first kappa shape index (κ1) is 16.2. The Kier molecular flexibility index (Phi) is 5.27. The third kappa shape index (κ3) is 3.36. The van der Waals surface area contributed by atoms with Crippen LogP contribution in [-0.4, -0.2) is 41.1 Å². The minimum atomic E-state index is -1.29. The Morgan fingerprint density at radius 1 is 1.30 bits per heavy atom. The number of aliphatic carboxylic acids is 1. The van der Waals surface area contributed by atoms with Crippen LogP contribution in [0.25, 0.3) is 0 Å². The van der Waals surface area contributed by atoms with Crippen molar-refractivity contribution in [3.05, 3.63) is 35.9 Å². The number of likely N-dealkylation sites (N-methyl/N-ethyl adjacent to an activating group) is 1. The standard InChI is InChI=1S/C15H21NO4/c1-5-20-12(11-9-7-6-8-10-11)13(17)16(4)15(2,3)14(18)19/h6-10,12H,5H2,1-4H3,(H,18,19). The maximum absolute atomic E-state index is 12.5. The van der Waals surface area contributed by atoms with Crippen molar-refractivity contribution in [1.82, 2.24) is 4.90 Å². The van der Waals surface area contributed by atoms with Crippen LogP contribution in [0.3, 0.4) is 0 Å². The largest absolute Gasteiger partial charge is 0.480 e. The topological polar surface area (TPSA) is 66.8 Å². The first-order valence-corrected chi connectivity index (χ1v) is 6.50. The van der Waals surface area contributed by atoms with Gasteiger partial charge in [0.1, 0.15) is 5.54 Å². The van der Waals surface area contributed by atoms with Crippen LogP contribution < -0.4 is 0 Å². The van der Waals surface area contributed by atoms with Gasteiger partial charge in [-0.15, -0.1) is 0 Å². The molecule has 0 aromatic heterocycles. The second-order valence-corrected chi connectivity index (χ2v) is 5.01. The van der Waals surface area contributed by atoms with E-state index in [-0.39, 0.29) is 5.91 Å². The van der Waals surface area contributed by atoms with Crippen LogP contribution in [0.2, 0.25) is 0 Å². The van der Waals surface area contributed by atoms with E-state index in [1.54, 1.807) is 19.1 Å². The third-order valence-corrected chi connectivity index (χ3v) is 3.35. The predicted octanol–water partition coefficient (Wildman–Crippen LogP) is 2.09. The molecule has 0 bridgehead atoms. The summed E-state index contributed by atoms with van der Waals surface area (Å²) >= 11 is 0. The second kappa shape index (κ2) is 6.52. The van der Waals surface area contributed by atoms with Crippen molar-refractivity contribution < 1.29 is 19.4 Å². The monoisotopic (exact) mass is 279 g/mol. The fraction of sp³-hybridized carbons (Fsp3) is 0.467. The van der Waals surface area contributed by atoms with E-state index >= 15 is 0 Å². The van der Waals surface area contributed by atoms with Crippen molar-refractivity contribution in [3.8, 4) is 0 Å². The number of carboxylic acids is 1. The molecular weight excluding hydrogens is 258 g/mol. The lowest BCUT2D eigenvalue weighted by Gasteiger charge is -2.34. The number of carboxylic acid groups (broad SMARTS) is 1. The van der Waals surface area contributed by atoms with Gasteiger partial charge < -0.3 is 14.7 Å². The molecule has 5 nitrogen and oxygen atoms in total. The van der Waals surface area contributed by atoms with E-state index in [1.807, 2.05) is 18.2 Å². The van der Waals surface area contributed by atoms with Gasteiger partial charge in [-0.05, 0) is 26.3 Å². The Bertz CT molecular complexity index is 470. The highest BCUT2D eigenvalue weighted by molar-refractivity contribution is 5.89. The zero-order valence-corrected chi connectivity index (χ0v) is 12.3. The molecule has 0 heterocycles. The summed E-state index contributed by atoms with van der Waals surface area (Å²) in [5.74, 6) is -1.43. The van der Waals surface area contributed by atoms with Gasteiger partial charge in [0.25, 0.3) is 5.91 Å². The molecular formula is C15H21NO4. The van der Waals surface area contributed by atoms with Crippen molar-refractivity contribution in [1.29, 1.82) is 0 Å². The molecule has 0 radical (unpaired) electrons. The molecule has 20 heavy (non-hydrogen) atoms. The number of rotatable bonds is 6. The summed E-state index contributed by atoms with van der Waals surface area (Å²) in [7, 11) is 1.48. The molecule has 1 N–H and O–H groups in total. The summed E-state index contributed by atoms with van der Waals surface area (Å²) in [4.78, 5) is 25.0. The molecule has 0 aliphatic rings. The smallest absolute Gasteiger partial charge is 0.329 e. The molecule has 110 valence electrons. The van der Waals surface area contributed by atoms with Gasteiger partial charge in [-0.1, -0.05) is 30.3 Å². The van der Waals surface area contributed by atoms with E-state index in [9.17, 15) is 14.7 Å². The summed E-state index contributed by atoms with van der Waals surface area (Å²) in [6, 6.07) is 9.06. The second-order valence-electron chi connectivity index (χ2n) is 5.01. The molecule has 0 spiro atoms. The summed E-state index contributed by atoms with van der Waals surface area (Å²) in [6.07, 6.45) is -0.787.